The van der Waals surface area contributed by atoms with Gasteiger partial charge >= 0.3 is 0 Å². The summed E-state index contributed by atoms with van der Waals surface area (Å²) in [6, 6.07) is 7.85. The Bertz CT molecular complexity index is 645. The maximum atomic E-state index is 13.4. The van der Waals surface area contributed by atoms with Gasteiger partial charge < -0.3 is 15.1 Å². The molecule has 136 valence electrons. The Kier molecular flexibility index (Phi) is 5.52. The molecular formula is C20H26ClNO3. The predicted molar refractivity (Wildman–Crippen MR) is 98.3 cm³/mol. The van der Waals surface area contributed by atoms with Crippen molar-refractivity contribution in [1.29, 1.82) is 0 Å². The average Bonchev–Trinajstić information content (AvgIpc) is 3.12. The number of carbonyl (C=O) groups is 1. The van der Waals surface area contributed by atoms with Crippen LogP contribution in [-0.4, -0.2) is 39.8 Å². The van der Waals surface area contributed by atoms with Gasteiger partial charge in [0.15, 0.2) is 0 Å². The van der Waals surface area contributed by atoms with Crippen LogP contribution in [0.2, 0.25) is 5.02 Å². The molecular weight excluding hydrogens is 338 g/mol. The summed E-state index contributed by atoms with van der Waals surface area (Å²) in [5, 5.41) is 19.8. The van der Waals surface area contributed by atoms with Gasteiger partial charge in [-0.3, -0.25) is 4.79 Å². The second kappa shape index (κ2) is 7.48. The number of rotatable bonds is 5. The average molecular weight is 364 g/mol. The van der Waals surface area contributed by atoms with Crippen LogP contribution < -0.4 is 0 Å². The first-order valence-electron chi connectivity index (χ1n) is 8.98. The number of carbonyl (C=O) groups excluding carboxylic acids is 1. The molecule has 1 amide bonds. The van der Waals surface area contributed by atoms with Crippen LogP contribution in [0.15, 0.2) is 36.4 Å². The molecule has 1 aliphatic carbocycles. The highest BCUT2D eigenvalue weighted by Gasteiger charge is 2.47. The Labute approximate surface area is 154 Å². The molecule has 1 aromatic carbocycles. The molecule has 0 spiro atoms. The molecule has 4 nitrogen and oxygen atoms in total. The maximum Gasteiger partial charge on any atom is 0.229 e. The largest absolute Gasteiger partial charge is 0.394 e. The first kappa shape index (κ1) is 18.4. The number of amides is 1. The third kappa shape index (κ3) is 3.76. The highest BCUT2D eigenvalue weighted by atomic mass is 35.5. The van der Waals surface area contributed by atoms with Crippen LogP contribution in [0.1, 0.15) is 50.6 Å². The van der Waals surface area contributed by atoms with E-state index in [1.54, 1.807) is 0 Å². The van der Waals surface area contributed by atoms with Crippen molar-refractivity contribution in [3.05, 3.63) is 47.0 Å². The molecule has 0 radical (unpaired) electrons. The number of halogens is 1. The summed E-state index contributed by atoms with van der Waals surface area (Å²) in [6.07, 6.45) is 7.15. The van der Waals surface area contributed by atoms with Crippen LogP contribution in [0.25, 0.3) is 0 Å². The molecule has 0 saturated carbocycles. The third-order valence-corrected chi connectivity index (χ3v) is 5.80. The zero-order valence-corrected chi connectivity index (χ0v) is 15.3. The lowest BCUT2D eigenvalue weighted by Crippen LogP contribution is -2.53. The summed E-state index contributed by atoms with van der Waals surface area (Å²) in [7, 11) is 0. The lowest BCUT2D eigenvalue weighted by Gasteiger charge is -2.47. The van der Waals surface area contributed by atoms with Crippen molar-refractivity contribution in [2.75, 3.05) is 6.61 Å². The van der Waals surface area contributed by atoms with E-state index in [-0.39, 0.29) is 24.6 Å². The van der Waals surface area contributed by atoms with Crippen LogP contribution in [0.5, 0.6) is 0 Å². The Hall–Kier alpha value is -1.36. The third-order valence-electron chi connectivity index (χ3n) is 5.55. The number of allylic oxidation sites excluding steroid dienone is 1. The number of aliphatic hydroxyl groups excluding tert-OH is 2. The molecule has 4 atom stereocenters. The molecule has 1 aromatic rings. The Morgan fingerprint density at radius 1 is 1.32 bits per heavy atom. The van der Waals surface area contributed by atoms with Crippen LogP contribution >= 0.6 is 11.6 Å². The number of benzene rings is 1. The molecule has 0 bridgehead atoms. The Balaban J connectivity index is 1.91. The number of hydrogen-bond acceptors (Lipinski definition) is 3. The number of aliphatic hydroxyl groups is 2. The van der Waals surface area contributed by atoms with Gasteiger partial charge in [-0.2, -0.15) is 0 Å². The monoisotopic (exact) mass is 363 g/mol. The van der Waals surface area contributed by atoms with Gasteiger partial charge in [0.25, 0.3) is 0 Å². The number of piperidine rings is 1. The van der Waals surface area contributed by atoms with Crippen molar-refractivity contribution in [1.82, 2.24) is 4.90 Å². The van der Waals surface area contributed by atoms with E-state index in [0.29, 0.717) is 17.9 Å². The number of hydrogen-bond donors (Lipinski definition) is 2. The number of nitrogens with zero attached hydrogens (tertiary/aromatic N) is 1. The fraction of sp³-hybridized carbons (Fsp3) is 0.550. The summed E-state index contributed by atoms with van der Waals surface area (Å²) >= 11 is 6.02. The second-order valence-electron chi connectivity index (χ2n) is 7.49. The quantitative estimate of drug-likeness (QED) is 0.787. The van der Waals surface area contributed by atoms with Crippen LogP contribution in [0.3, 0.4) is 0 Å². The van der Waals surface area contributed by atoms with Gasteiger partial charge in [-0.25, -0.2) is 0 Å². The minimum Gasteiger partial charge on any atom is -0.394 e. The highest BCUT2D eigenvalue weighted by Crippen LogP contribution is 2.45. The predicted octanol–water partition coefficient (Wildman–Crippen LogP) is 3.47. The molecule has 0 aromatic heterocycles. The zero-order valence-electron chi connectivity index (χ0n) is 14.6. The summed E-state index contributed by atoms with van der Waals surface area (Å²) in [4.78, 5) is 15.4. The van der Waals surface area contributed by atoms with Crippen LogP contribution in [0.4, 0.5) is 0 Å². The van der Waals surface area contributed by atoms with E-state index in [1.165, 1.54) is 0 Å². The molecule has 1 heterocycles. The Morgan fingerprint density at radius 2 is 2.04 bits per heavy atom. The topological polar surface area (TPSA) is 60.8 Å². The molecule has 2 aliphatic rings. The van der Waals surface area contributed by atoms with Gasteiger partial charge in [0.1, 0.15) is 0 Å². The normalized spacial score (nSPS) is 30.7. The minimum absolute atomic E-state index is 0.0249. The standard InChI is InChI=1S/C20H26ClNO3/c1-20(12-17(24)13-23)11-10-18(14-6-8-15(21)9-7-14)22(19(20)25)16-4-2-3-5-16/h2,4,6-9,16-18,23-24H,3,5,10-13H2,1H3/t16?,17?,18?,20-/m1/s1. The van der Waals surface area contributed by atoms with Crippen molar-refractivity contribution in [3.63, 3.8) is 0 Å². The number of likely N-dealkylation sites (tertiary alicyclic amines) is 1. The molecule has 1 saturated heterocycles. The summed E-state index contributed by atoms with van der Waals surface area (Å²) < 4.78 is 0. The molecule has 25 heavy (non-hydrogen) atoms. The molecule has 2 N–H and O–H groups in total. The molecule has 1 aliphatic heterocycles. The molecule has 3 unspecified atom stereocenters. The summed E-state index contributed by atoms with van der Waals surface area (Å²) in [5.74, 6) is 0.0720. The SMILES string of the molecule is C[C@]1(CC(O)CO)CCC(c2ccc(Cl)cc2)N(C2C=CCC2)C1=O. The van der Waals surface area contributed by atoms with Gasteiger partial charge in [0.05, 0.1) is 24.8 Å². The van der Waals surface area contributed by atoms with Crippen molar-refractivity contribution in [2.45, 2.75) is 57.2 Å². The van der Waals surface area contributed by atoms with Crippen molar-refractivity contribution in [3.8, 4) is 0 Å². The minimum atomic E-state index is -0.859. The Morgan fingerprint density at radius 3 is 2.64 bits per heavy atom. The second-order valence-corrected chi connectivity index (χ2v) is 7.93. The van der Waals surface area contributed by atoms with E-state index in [4.69, 9.17) is 11.6 Å². The fourth-order valence-corrected chi connectivity index (χ4v) is 4.30. The smallest absolute Gasteiger partial charge is 0.229 e. The molecule has 1 fully saturated rings. The highest BCUT2D eigenvalue weighted by molar-refractivity contribution is 6.30. The lowest BCUT2D eigenvalue weighted by atomic mass is 9.73. The zero-order chi connectivity index (χ0) is 18.0. The van der Waals surface area contributed by atoms with Gasteiger partial charge in [-0.1, -0.05) is 42.8 Å². The first-order chi connectivity index (χ1) is 11.9. The van der Waals surface area contributed by atoms with E-state index >= 15 is 0 Å². The van der Waals surface area contributed by atoms with Gasteiger partial charge in [-0.05, 0) is 49.8 Å². The van der Waals surface area contributed by atoms with E-state index in [2.05, 4.69) is 12.2 Å². The van der Waals surface area contributed by atoms with Gasteiger partial charge in [-0.15, -0.1) is 0 Å². The van der Waals surface area contributed by atoms with Crippen molar-refractivity contribution < 1.29 is 15.0 Å². The van der Waals surface area contributed by atoms with Crippen LogP contribution in [-0.2, 0) is 4.79 Å². The van der Waals surface area contributed by atoms with Crippen LogP contribution in [0, 0.1) is 5.41 Å². The van der Waals surface area contributed by atoms with Gasteiger partial charge in [0.2, 0.25) is 5.91 Å². The van der Waals surface area contributed by atoms with Crippen molar-refractivity contribution >= 4 is 17.5 Å². The lowest BCUT2D eigenvalue weighted by molar-refractivity contribution is -0.154. The van der Waals surface area contributed by atoms with E-state index in [1.807, 2.05) is 36.1 Å². The van der Waals surface area contributed by atoms with E-state index in [9.17, 15) is 15.0 Å². The van der Waals surface area contributed by atoms with E-state index in [0.717, 1.165) is 24.8 Å². The van der Waals surface area contributed by atoms with Crippen molar-refractivity contribution in [2.24, 2.45) is 5.41 Å². The molecule has 3 rings (SSSR count). The summed E-state index contributed by atoms with van der Waals surface area (Å²) in [5.41, 5.74) is 0.462. The van der Waals surface area contributed by atoms with E-state index < -0.39 is 11.5 Å². The summed E-state index contributed by atoms with van der Waals surface area (Å²) in [6.45, 7) is 1.60. The van der Waals surface area contributed by atoms with Gasteiger partial charge in [0, 0.05) is 10.4 Å². The maximum absolute atomic E-state index is 13.4. The fourth-order valence-electron chi connectivity index (χ4n) is 4.17. The molecule has 5 heteroatoms. The first-order valence-corrected chi connectivity index (χ1v) is 9.36.